The minimum Gasteiger partial charge on any atom is -0.454 e. The Bertz CT molecular complexity index is 1240. The van der Waals surface area contributed by atoms with Crippen molar-refractivity contribution in [2.45, 2.75) is 20.4 Å². The van der Waals surface area contributed by atoms with Crippen LogP contribution in [0.15, 0.2) is 46.9 Å². The van der Waals surface area contributed by atoms with Crippen molar-refractivity contribution < 1.29 is 18.7 Å². The van der Waals surface area contributed by atoms with E-state index in [9.17, 15) is 4.79 Å². The summed E-state index contributed by atoms with van der Waals surface area (Å²) in [7, 11) is 0. The van der Waals surface area contributed by atoms with Crippen LogP contribution in [0, 0.1) is 13.8 Å². The summed E-state index contributed by atoms with van der Waals surface area (Å²) in [6.07, 6.45) is 0. The van der Waals surface area contributed by atoms with Crippen molar-refractivity contribution in [2.75, 3.05) is 12.1 Å². The molecule has 0 bridgehead atoms. The Balaban J connectivity index is 1.30. The zero-order valence-electron chi connectivity index (χ0n) is 16.9. The minimum atomic E-state index is -0.249. The molecular formula is C22H19N5O4. The van der Waals surface area contributed by atoms with Gasteiger partial charge in [-0.1, -0.05) is 18.2 Å². The summed E-state index contributed by atoms with van der Waals surface area (Å²) in [4.78, 5) is 25.9. The van der Waals surface area contributed by atoms with E-state index in [1.165, 1.54) is 0 Å². The van der Waals surface area contributed by atoms with Gasteiger partial charge in [0, 0.05) is 6.54 Å². The van der Waals surface area contributed by atoms with Crippen LogP contribution in [-0.2, 0) is 6.54 Å². The number of rotatable bonds is 5. The first-order chi connectivity index (χ1) is 15.1. The van der Waals surface area contributed by atoms with E-state index in [2.05, 4.69) is 25.6 Å². The molecule has 31 heavy (non-hydrogen) atoms. The molecular weight excluding hydrogens is 398 g/mol. The predicted octanol–water partition coefficient (Wildman–Crippen LogP) is 3.64. The molecule has 4 aromatic rings. The van der Waals surface area contributed by atoms with Gasteiger partial charge in [-0.2, -0.15) is 4.98 Å². The lowest BCUT2D eigenvalue weighted by atomic mass is 10.1. The highest BCUT2D eigenvalue weighted by molar-refractivity contribution is 5.96. The Morgan fingerprint density at radius 3 is 2.58 bits per heavy atom. The first-order valence-corrected chi connectivity index (χ1v) is 9.71. The normalized spacial score (nSPS) is 12.2. The molecule has 2 aromatic heterocycles. The number of carbonyl (C=O) groups excluding carboxylic acids is 1. The molecule has 0 fully saturated rings. The molecule has 0 aliphatic carbocycles. The second kappa shape index (κ2) is 7.60. The molecule has 2 N–H and O–H groups in total. The molecule has 5 rings (SSSR count). The Hall–Kier alpha value is -4.14. The van der Waals surface area contributed by atoms with E-state index in [0.29, 0.717) is 52.5 Å². The van der Waals surface area contributed by atoms with Gasteiger partial charge in [-0.25, -0.2) is 9.97 Å². The van der Waals surface area contributed by atoms with Crippen molar-refractivity contribution in [2.24, 2.45) is 0 Å². The molecule has 9 heteroatoms. The maximum Gasteiger partial charge on any atom is 0.302 e. The molecule has 3 heterocycles. The van der Waals surface area contributed by atoms with E-state index in [4.69, 9.17) is 13.9 Å². The molecule has 2 aromatic carbocycles. The number of nitrogens with one attached hydrogen (secondary N) is 2. The highest BCUT2D eigenvalue weighted by Gasteiger charge is 2.18. The van der Waals surface area contributed by atoms with Crippen molar-refractivity contribution in [3.63, 3.8) is 0 Å². The van der Waals surface area contributed by atoms with E-state index >= 15 is 0 Å². The summed E-state index contributed by atoms with van der Waals surface area (Å²) in [6, 6.07) is 13.3. The molecule has 0 atom stereocenters. The molecule has 1 aliphatic rings. The highest BCUT2D eigenvalue weighted by Crippen LogP contribution is 2.32. The quantitative estimate of drug-likeness (QED) is 0.506. The Morgan fingerprint density at radius 2 is 1.77 bits per heavy atom. The lowest BCUT2D eigenvalue weighted by Gasteiger charge is -2.11. The predicted molar refractivity (Wildman–Crippen MR) is 113 cm³/mol. The third kappa shape index (κ3) is 3.73. The van der Waals surface area contributed by atoms with E-state index in [-0.39, 0.29) is 12.7 Å². The maximum atomic E-state index is 12.8. The summed E-state index contributed by atoms with van der Waals surface area (Å²) in [6.45, 7) is 4.09. The average molecular weight is 417 g/mol. The number of nitrogens with zero attached hydrogens (tertiary/aromatic N) is 3. The Kier molecular flexibility index (Phi) is 4.62. The van der Waals surface area contributed by atoms with E-state index in [1.54, 1.807) is 13.8 Å². The number of aromatic nitrogens is 3. The number of benzene rings is 2. The van der Waals surface area contributed by atoms with Gasteiger partial charge in [0.15, 0.2) is 17.1 Å². The van der Waals surface area contributed by atoms with Gasteiger partial charge in [-0.15, -0.1) is 0 Å². The van der Waals surface area contributed by atoms with Crippen molar-refractivity contribution in [1.29, 1.82) is 0 Å². The van der Waals surface area contributed by atoms with Gasteiger partial charge in [-0.05, 0) is 43.7 Å². The number of carbonyl (C=O) groups is 1. The second-order valence-electron chi connectivity index (χ2n) is 7.08. The number of para-hydroxylation sites is 2. The monoisotopic (exact) mass is 417 g/mol. The zero-order chi connectivity index (χ0) is 21.4. The number of fused-ring (bicyclic) bond motifs is 2. The zero-order valence-corrected chi connectivity index (χ0v) is 16.9. The van der Waals surface area contributed by atoms with Gasteiger partial charge in [0.2, 0.25) is 12.7 Å². The van der Waals surface area contributed by atoms with Gasteiger partial charge in [-0.3, -0.25) is 10.1 Å². The van der Waals surface area contributed by atoms with Crippen LogP contribution < -0.4 is 20.1 Å². The van der Waals surface area contributed by atoms with E-state index in [0.717, 1.165) is 11.1 Å². The van der Waals surface area contributed by atoms with Crippen LogP contribution in [0.3, 0.4) is 0 Å². The largest absolute Gasteiger partial charge is 0.454 e. The molecule has 1 amide bonds. The molecule has 1 aliphatic heterocycles. The van der Waals surface area contributed by atoms with Gasteiger partial charge in [0.05, 0.1) is 17.0 Å². The van der Waals surface area contributed by atoms with E-state index in [1.807, 2.05) is 42.5 Å². The van der Waals surface area contributed by atoms with E-state index < -0.39 is 0 Å². The molecule has 9 nitrogen and oxygen atoms in total. The van der Waals surface area contributed by atoms with Gasteiger partial charge in [0.1, 0.15) is 5.52 Å². The number of aryl methyl sites for hydroxylation is 2. The average Bonchev–Trinajstić information content (AvgIpc) is 3.37. The number of amides is 1. The molecule has 0 spiro atoms. The third-order valence-electron chi connectivity index (χ3n) is 4.90. The Morgan fingerprint density at radius 1 is 1.00 bits per heavy atom. The number of hydrogen-bond donors (Lipinski definition) is 2. The molecule has 0 unspecified atom stereocenters. The van der Waals surface area contributed by atoms with Crippen molar-refractivity contribution in [3.05, 3.63) is 65.0 Å². The highest BCUT2D eigenvalue weighted by atomic mass is 16.7. The fourth-order valence-electron chi connectivity index (χ4n) is 3.44. The maximum absolute atomic E-state index is 12.8. The fraction of sp³-hybridized carbons (Fsp3) is 0.182. The second-order valence-corrected chi connectivity index (χ2v) is 7.08. The summed E-state index contributed by atoms with van der Waals surface area (Å²) in [5, 5.41) is 5.87. The molecule has 0 saturated heterocycles. The SMILES string of the molecule is Cc1nc(Nc2nc3ccccc3o2)nc(C)c1C(=O)NCc1ccc2c(c1)OCO2. The van der Waals surface area contributed by atoms with Crippen LogP contribution in [0.2, 0.25) is 0 Å². The van der Waals surface area contributed by atoms with Crippen LogP contribution in [0.25, 0.3) is 11.1 Å². The molecule has 0 saturated carbocycles. The van der Waals surface area contributed by atoms with Crippen molar-refractivity contribution in [3.8, 4) is 11.5 Å². The first-order valence-electron chi connectivity index (χ1n) is 9.71. The van der Waals surface area contributed by atoms with Crippen LogP contribution >= 0.6 is 0 Å². The Labute approximate surface area is 177 Å². The number of hydrogen-bond acceptors (Lipinski definition) is 8. The van der Waals surface area contributed by atoms with Gasteiger partial charge in [0.25, 0.3) is 5.91 Å². The number of anilines is 2. The van der Waals surface area contributed by atoms with Crippen LogP contribution in [0.4, 0.5) is 12.0 Å². The topological polar surface area (TPSA) is 111 Å². The van der Waals surface area contributed by atoms with Crippen LogP contribution in [0.5, 0.6) is 11.5 Å². The van der Waals surface area contributed by atoms with Crippen molar-refractivity contribution in [1.82, 2.24) is 20.3 Å². The first kappa shape index (κ1) is 18.9. The van der Waals surface area contributed by atoms with Crippen LogP contribution in [-0.4, -0.2) is 27.7 Å². The fourth-order valence-corrected chi connectivity index (χ4v) is 3.44. The summed E-state index contributed by atoms with van der Waals surface area (Å²) in [5.74, 6) is 1.45. The smallest absolute Gasteiger partial charge is 0.302 e. The molecule has 156 valence electrons. The minimum absolute atomic E-state index is 0.213. The van der Waals surface area contributed by atoms with Gasteiger partial charge < -0.3 is 19.2 Å². The number of ether oxygens (including phenoxy) is 2. The summed E-state index contributed by atoms with van der Waals surface area (Å²) < 4.78 is 16.3. The van der Waals surface area contributed by atoms with Crippen molar-refractivity contribution >= 4 is 29.0 Å². The third-order valence-corrected chi connectivity index (χ3v) is 4.90. The van der Waals surface area contributed by atoms with Gasteiger partial charge >= 0.3 is 6.01 Å². The van der Waals surface area contributed by atoms with Crippen LogP contribution in [0.1, 0.15) is 27.3 Å². The summed E-state index contributed by atoms with van der Waals surface area (Å²) >= 11 is 0. The molecule has 0 radical (unpaired) electrons. The summed E-state index contributed by atoms with van der Waals surface area (Å²) in [5.41, 5.74) is 3.84. The standard InChI is InChI=1S/C22H19N5O4/c1-12-19(20(28)23-10-14-7-8-17-18(9-14)30-11-29-17)13(2)25-21(24-12)27-22-26-15-5-3-4-6-16(15)31-22/h3-9H,10-11H2,1-2H3,(H,23,28)(H,24,25,26,27). The number of oxazole rings is 1. The lowest BCUT2D eigenvalue weighted by Crippen LogP contribution is -2.25. The lowest BCUT2D eigenvalue weighted by molar-refractivity contribution is 0.0948.